The van der Waals surface area contributed by atoms with Gasteiger partial charge in [-0.2, -0.15) is 0 Å². The molecule has 8 nitrogen and oxygen atoms in total. The van der Waals surface area contributed by atoms with Gasteiger partial charge in [-0.1, -0.05) is 48.5 Å². The molecule has 2 aromatic heterocycles. The van der Waals surface area contributed by atoms with Crippen molar-refractivity contribution in [2.45, 2.75) is 25.0 Å². The summed E-state index contributed by atoms with van der Waals surface area (Å²) < 4.78 is 11.9. The van der Waals surface area contributed by atoms with E-state index in [9.17, 15) is 9.90 Å². The number of ether oxygens (including phenoxy) is 2. The normalized spacial score (nSPS) is 15.3. The molecule has 1 amide bonds. The number of hydrogen-bond acceptors (Lipinski definition) is 6. The molecule has 0 spiro atoms. The highest BCUT2D eigenvalue weighted by atomic mass is 16.5. The Morgan fingerprint density at radius 2 is 1.95 bits per heavy atom. The van der Waals surface area contributed by atoms with Crippen molar-refractivity contribution in [3.05, 3.63) is 95.9 Å². The number of carbonyl (C=O) groups is 1. The number of amides is 1. The molecule has 1 aliphatic rings. The summed E-state index contributed by atoms with van der Waals surface area (Å²) in [6.45, 7) is 3.41. The summed E-state index contributed by atoms with van der Waals surface area (Å²) in [4.78, 5) is 22.7. The van der Waals surface area contributed by atoms with Gasteiger partial charge in [0.1, 0.15) is 5.75 Å². The van der Waals surface area contributed by atoms with Crippen molar-refractivity contribution in [1.29, 1.82) is 0 Å². The summed E-state index contributed by atoms with van der Waals surface area (Å²) in [6, 6.07) is 19.6. The molecule has 0 unspecified atom stereocenters. The van der Waals surface area contributed by atoms with E-state index < -0.39 is 12.2 Å². The lowest BCUT2D eigenvalue weighted by Crippen LogP contribution is -2.48. The number of aliphatic hydroxyl groups excluding tert-OH is 1. The highest BCUT2D eigenvalue weighted by Crippen LogP contribution is 2.29. The minimum absolute atomic E-state index is 0.0164. The molecule has 8 heteroatoms. The van der Waals surface area contributed by atoms with E-state index in [0.29, 0.717) is 51.6 Å². The van der Waals surface area contributed by atoms with Crippen LogP contribution in [0.15, 0.2) is 79.3 Å². The Bertz CT molecular complexity index is 1310. The van der Waals surface area contributed by atoms with Gasteiger partial charge in [0, 0.05) is 55.6 Å². The molecule has 0 radical (unpaired) electrons. The fourth-order valence-corrected chi connectivity index (χ4v) is 4.79. The van der Waals surface area contributed by atoms with Crippen LogP contribution in [-0.2, 0) is 22.4 Å². The van der Waals surface area contributed by atoms with Gasteiger partial charge >= 0.3 is 0 Å². The number of hydrogen-bond donors (Lipinski definition) is 3. The van der Waals surface area contributed by atoms with E-state index in [4.69, 9.17) is 9.47 Å². The van der Waals surface area contributed by atoms with Gasteiger partial charge in [0.2, 0.25) is 0 Å². The van der Waals surface area contributed by atoms with E-state index in [-0.39, 0.29) is 5.91 Å². The largest absolute Gasteiger partial charge is 0.478 e. The zero-order valence-electron chi connectivity index (χ0n) is 21.4. The van der Waals surface area contributed by atoms with E-state index in [2.05, 4.69) is 21.4 Å². The van der Waals surface area contributed by atoms with Gasteiger partial charge in [-0.05, 0) is 36.2 Å². The van der Waals surface area contributed by atoms with Gasteiger partial charge < -0.3 is 29.8 Å². The summed E-state index contributed by atoms with van der Waals surface area (Å²) in [6.07, 6.45) is 5.41. The minimum atomic E-state index is -0.636. The number of nitrogens with zero attached hydrogens (tertiary/aromatic N) is 2. The van der Waals surface area contributed by atoms with Crippen LogP contribution in [0.25, 0.3) is 10.9 Å². The molecule has 1 aliphatic heterocycles. The maximum absolute atomic E-state index is 13.5. The fraction of sp³-hybridized carbons (Fsp3) is 0.333. The number of para-hydroxylation sites is 1. The first-order valence-electron chi connectivity index (χ1n) is 13.1. The molecular formula is C30H34N4O4. The highest BCUT2D eigenvalue weighted by molar-refractivity contribution is 5.89. The minimum Gasteiger partial charge on any atom is -0.478 e. The molecule has 3 N–H and O–H groups in total. The van der Waals surface area contributed by atoms with Crippen molar-refractivity contribution < 1.29 is 19.4 Å². The Hall–Kier alpha value is -3.72. The third-order valence-corrected chi connectivity index (χ3v) is 6.87. The first-order valence-corrected chi connectivity index (χ1v) is 13.1. The molecule has 2 atom stereocenters. The van der Waals surface area contributed by atoms with Crippen LogP contribution >= 0.6 is 0 Å². The van der Waals surface area contributed by atoms with Crippen molar-refractivity contribution in [2.75, 3.05) is 39.4 Å². The van der Waals surface area contributed by atoms with Crippen LogP contribution in [0.3, 0.4) is 0 Å². The van der Waals surface area contributed by atoms with Crippen molar-refractivity contribution in [3.8, 4) is 5.75 Å². The predicted octanol–water partition coefficient (Wildman–Crippen LogP) is 3.28. The van der Waals surface area contributed by atoms with Gasteiger partial charge in [0.05, 0.1) is 24.8 Å². The molecular weight excluding hydrogens is 480 g/mol. The Balaban J connectivity index is 1.27. The number of aromatic amines is 1. The zero-order valence-corrected chi connectivity index (χ0v) is 21.4. The molecule has 3 heterocycles. The van der Waals surface area contributed by atoms with E-state index >= 15 is 0 Å². The number of nitrogens with one attached hydrogen (secondary N) is 2. The maximum atomic E-state index is 13.5. The van der Waals surface area contributed by atoms with Crippen molar-refractivity contribution in [1.82, 2.24) is 20.2 Å². The smallest absolute Gasteiger partial charge is 0.264 e. The average molecular weight is 515 g/mol. The molecule has 4 aromatic rings. The van der Waals surface area contributed by atoms with E-state index in [1.165, 1.54) is 0 Å². The summed E-state index contributed by atoms with van der Waals surface area (Å²) in [5.74, 6) is 0.647. The SMILES string of the molecule is O=C([C@H](Cc1ccccc1)Oc1cccc2c(CCNC[C@H](O)c3cccnc3)c[nH]c12)N1CCOCC1. The average Bonchev–Trinajstić information content (AvgIpc) is 3.40. The Kier molecular flexibility index (Phi) is 8.65. The number of benzene rings is 2. The van der Waals surface area contributed by atoms with Crippen LogP contribution in [0, 0.1) is 0 Å². The van der Waals surface area contributed by atoms with Gasteiger partial charge in [-0.3, -0.25) is 9.78 Å². The second-order valence-corrected chi connectivity index (χ2v) is 9.48. The lowest BCUT2D eigenvalue weighted by molar-refractivity contribution is -0.142. The van der Waals surface area contributed by atoms with Crippen molar-refractivity contribution in [2.24, 2.45) is 0 Å². The number of H-pyrrole nitrogens is 1. The number of aromatic nitrogens is 2. The molecule has 1 fully saturated rings. The van der Waals surface area contributed by atoms with Crippen LogP contribution in [0.4, 0.5) is 0 Å². The molecule has 5 rings (SSSR count). The quantitative estimate of drug-likeness (QED) is 0.266. The van der Waals surface area contributed by atoms with Crippen molar-refractivity contribution >= 4 is 16.8 Å². The first-order chi connectivity index (χ1) is 18.7. The summed E-state index contributed by atoms with van der Waals surface area (Å²) in [5, 5.41) is 14.7. The third-order valence-electron chi connectivity index (χ3n) is 6.87. The third kappa shape index (κ3) is 6.39. The lowest BCUT2D eigenvalue weighted by Gasteiger charge is -2.30. The molecule has 0 saturated carbocycles. The van der Waals surface area contributed by atoms with E-state index in [0.717, 1.165) is 34.0 Å². The monoisotopic (exact) mass is 514 g/mol. The molecule has 198 valence electrons. The van der Waals surface area contributed by atoms with Gasteiger partial charge in [-0.15, -0.1) is 0 Å². The van der Waals surface area contributed by atoms with Crippen molar-refractivity contribution in [3.63, 3.8) is 0 Å². The molecule has 0 aliphatic carbocycles. The summed E-state index contributed by atoms with van der Waals surface area (Å²) >= 11 is 0. The summed E-state index contributed by atoms with van der Waals surface area (Å²) in [5.41, 5.74) is 3.88. The van der Waals surface area contributed by atoms with Crippen LogP contribution in [0.1, 0.15) is 22.8 Å². The number of pyridine rings is 1. The number of rotatable bonds is 11. The Morgan fingerprint density at radius 1 is 1.11 bits per heavy atom. The number of morpholine rings is 1. The molecule has 2 aromatic carbocycles. The van der Waals surface area contributed by atoms with Crippen LogP contribution < -0.4 is 10.1 Å². The van der Waals surface area contributed by atoms with Crippen LogP contribution in [0.2, 0.25) is 0 Å². The topological polar surface area (TPSA) is 99.7 Å². The standard InChI is InChI=1S/C30H34N4O4/c35-26(24-8-5-12-31-19-24)21-32-13-11-23-20-33-29-25(23)9-4-10-27(29)38-28(18-22-6-2-1-3-7-22)30(36)34-14-16-37-17-15-34/h1-10,12,19-20,26,28,32-33,35H,11,13-18,21H2/t26-,28-/m0/s1. The second-order valence-electron chi connectivity index (χ2n) is 9.48. The Labute approximate surface area is 222 Å². The fourth-order valence-electron chi connectivity index (χ4n) is 4.79. The van der Waals surface area contributed by atoms with Gasteiger partial charge in [0.15, 0.2) is 6.10 Å². The van der Waals surface area contributed by atoms with Crippen LogP contribution in [0.5, 0.6) is 5.75 Å². The Morgan fingerprint density at radius 3 is 2.74 bits per heavy atom. The molecule has 0 bridgehead atoms. The maximum Gasteiger partial charge on any atom is 0.264 e. The number of fused-ring (bicyclic) bond motifs is 1. The van der Waals surface area contributed by atoms with E-state index in [1.807, 2.05) is 65.7 Å². The van der Waals surface area contributed by atoms with Gasteiger partial charge in [0.25, 0.3) is 5.91 Å². The second kappa shape index (κ2) is 12.7. The predicted molar refractivity (Wildman–Crippen MR) is 146 cm³/mol. The number of carbonyl (C=O) groups excluding carboxylic acids is 1. The highest BCUT2D eigenvalue weighted by Gasteiger charge is 2.28. The van der Waals surface area contributed by atoms with Crippen LogP contribution in [-0.4, -0.2) is 71.4 Å². The van der Waals surface area contributed by atoms with E-state index in [1.54, 1.807) is 12.4 Å². The van der Waals surface area contributed by atoms with Gasteiger partial charge in [-0.25, -0.2) is 0 Å². The zero-order chi connectivity index (χ0) is 26.2. The molecule has 38 heavy (non-hydrogen) atoms. The summed E-state index contributed by atoms with van der Waals surface area (Å²) in [7, 11) is 0. The first kappa shape index (κ1) is 25.9. The lowest BCUT2D eigenvalue weighted by atomic mass is 10.1. The molecule has 1 saturated heterocycles. The number of aliphatic hydroxyl groups is 1.